The Labute approximate surface area is 126 Å². The molecule has 1 fully saturated rings. The summed E-state index contributed by atoms with van der Waals surface area (Å²) >= 11 is 2.10. The summed E-state index contributed by atoms with van der Waals surface area (Å²) in [6, 6.07) is 3.71. The summed E-state index contributed by atoms with van der Waals surface area (Å²) in [6.45, 7) is 7.22. The average Bonchev–Trinajstić information content (AvgIpc) is 2.69. The Morgan fingerprint density at radius 1 is 1.53 bits per heavy atom. The van der Waals surface area contributed by atoms with E-state index in [4.69, 9.17) is 9.15 Å². The predicted octanol–water partition coefficient (Wildman–Crippen LogP) is 2.92. The summed E-state index contributed by atoms with van der Waals surface area (Å²) < 4.78 is 12.0. The number of rotatable bonds is 2. The normalized spacial score (nSPS) is 22.9. The maximum Gasteiger partial charge on any atom is 0.246 e. The highest BCUT2D eigenvalue weighted by Crippen LogP contribution is 2.21. The number of nitrogens with zero attached hydrogens (tertiary/aromatic N) is 1. The van der Waals surface area contributed by atoms with Crippen molar-refractivity contribution < 1.29 is 13.9 Å². The molecular weight excluding hydrogens is 357 g/mol. The Hall–Kier alpha value is -0.820. The lowest BCUT2D eigenvalue weighted by molar-refractivity contribution is -0.153. The monoisotopic (exact) mass is 375 g/mol. The van der Waals surface area contributed by atoms with Crippen LogP contribution < -0.4 is 0 Å². The van der Waals surface area contributed by atoms with Crippen LogP contribution >= 0.6 is 22.6 Å². The molecule has 0 aliphatic carbocycles. The van der Waals surface area contributed by atoms with Crippen LogP contribution in [0, 0.1) is 3.77 Å². The minimum atomic E-state index is -0.290. The van der Waals surface area contributed by atoms with Crippen molar-refractivity contribution in [2.75, 3.05) is 13.1 Å². The molecule has 1 aliphatic rings. The molecule has 5 heteroatoms. The molecule has 104 valence electrons. The number of ether oxygens (including phenoxy) is 1. The SMILES string of the molecule is CC1CN(C(=O)C=Cc2ccc(I)o2)CC(C)(C)O1. The Kier molecular flexibility index (Phi) is 4.35. The van der Waals surface area contributed by atoms with Gasteiger partial charge < -0.3 is 14.1 Å². The standard InChI is InChI=1S/C14H18INO3/c1-10-8-16(9-14(2,3)19-10)13(17)7-5-11-4-6-12(15)18-11/h4-7,10H,8-9H2,1-3H3. The van der Waals surface area contributed by atoms with Crippen molar-refractivity contribution in [1.29, 1.82) is 0 Å². The average molecular weight is 375 g/mol. The molecule has 1 unspecified atom stereocenters. The molecule has 0 aromatic carbocycles. The van der Waals surface area contributed by atoms with Gasteiger partial charge in [-0.25, -0.2) is 0 Å². The van der Waals surface area contributed by atoms with Crippen LogP contribution in [-0.4, -0.2) is 35.6 Å². The van der Waals surface area contributed by atoms with Gasteiger partial charge in [-0.15, -0.1) is 0 Å². The van der Waals surface area contributed by atoms with E-state index in [9.17, 15) is 4.79 Å². The molecular formula is C14H18INO3. The first-order valence-corrected chi connectivity index (χ1v) is 7.34. The quantitative estimate of drug-likeness (QED) is 0.590. The summed E-state index contributed by atoms with van der Waals surface area (Å²) in [5, 5.41) is 0. The van der Waals surface area contributed by atoms with Crippen molar-refractivity contribution in [1.82, 2.24) is 4.90 Å². The summed E-state index contributed by atoms with van der Waals surface area (Å²) in [7, 11) is 0. The van der Waals surface area contributed by atoms with Crippen LogP contribution in [0.25, 0.3) is 6.08 Å². The van der Waals surface area contributed by atoms with Gasteiger partial charge in [-0.1, -0.05) is 0 Å². The molecule has 1 saturated heterocycles. The maximum absolute atomic E-state index is 12.2. The molecule has 1 amide bonds. The van der Waals surface area contributed by atoms with Crippen LogP contribution in [0.2, 0.25) is 0 Å². The largest absolute Gasteiger partial charge is 0.451 e. The van der Waals surface area contributed by atoms with Crippen LogP contribution in [0.1, 0.15) is 26.5 Å². The molecule has 2 rings (SSSR count). The van der Waals surface area contributed by atoms with Gasteiger partial charge in [0.1, 0.15) is 5.76 Å². The molecule has 1 aliphatic heterocycles. The second-order valence-electron chi connectivity index (χ2n) is 5.38. The first-order chi connectivity index (χ1) is 8.85. The third-order valence-electron chi connectivity index (χ3n) is 2.87. The second-order valence-corrected chi connectivity index (χ2v) is 6.45. The number of carbonyl (C=O) groups is 1. The first-order valence-electron chi connectivity index (χ1n) is 6.26. The van der Waals surface area contributed by atoms with Crippen molar-refractivity contribution >= 4 is 34.6 Å². The van der Waals surface area contributed by atoms with Crippen molar-refractivity contribution in [3.8, 4) is 0 Å². The fraction of sp³-hybridized carbons (Fsp3) is 0.500. The Balaban J connectivity index is 2.01. The Morgan fingerprint density at radius 3 is 2.84 bits per heavy atom. The number of morpholine rings is 1. The fourth-order valence-electron chi connectivity index (χ4n) is 2.30. The number of hydrogen-bond donors (Lipinski definition) is 0. The maximum atomic E-state index is 12.2. The lowest BCUT2D eigenvalue weighted by Gasteiger charge is -2.41. The summed E-state index contributed by atoms with van der Waals surface area (Å²) in [5.74, 6) is 0.688. The molecule has 4 nitrogen and oxygen atoms in total. The van der Waals surface area contributed by atoms with E-state index in [1.165, 1.54) is 0 Å². The van der Waals surface area contributed by atoms with Gasteiger partial charge >= 0.3 is 0 Å². The van der Waals surface area contributed by atoms with E-state index in [1.807, 2.05) is 37.8 Å². The van der Waals surface area contributed by atoms with E-state index < -0.39 is 0 Å². The summed E-state index contributed by atoms with van der Waals surface area (Å²) in [6.07, 6.45) is 3.33. The molecule has 2 heterocycles. The van der Waals surface area contributed by atoms with Gasteiger partial charge in [0, 0.05) is 19.2 Å². The minimum absolute atomic E-state index is 0.00497. The number of halogens is 1. The molecule has 1 atom stereocenters. The summed E-state index contributed by atoms with van der Waals surface area (Å²) in [5.41, 5.74) is -0.290. The highest BCUT2D eigenvalue weighted by Gasteiger charge is 2.32. The number of furan rings is 1. The lowest BCUT2D eigenvalue weighted by Crippen LogP contribution is -2.53. The van der Waals surface area contributed by atoms with E-state index >= 15 is 0 Å². The zero-order chi connectivity index (χ0) is 14.0. The van der Waals surface area contributed by atoms with Crippen molar-refractivity contribution in [2.45, 2.75) is 32.5 Å². The zero-order valence-corrected chi connectivity index (χ0v) is 13.5. The van der Waals surface area contributed by atoms with E-state index in [-0.39, 0.29) is 17.6 Å². The Morgan fingerprint density at radius 2 is 2.26 bits per heavy atom. The number of amides is 1. The third kappa shape index (κ3) is 4.07. The predicted molar refractivity (Wildman–Crippen MR) is 81.7 cm³/mol. The molecule has 0 spiro atoms. The highest BCUT2D eigenvalue weighted by atomic mass is 127. The molecule has 0 bridgehead atoms. The van der Waals surface area contributed by atoms with Gasteiger partial charge in [-0.2, -0.15) is 0 Å². The summed E-state index contributed by atoms with van der Waals surface area (Å²) in [4.78, 5) is 14.0. The smallest absolute Gasteiger partial charge is 0.246 e. The molecule has 19 heavy (non-hydrogen) atoms. The van der Waals surface area contributed by atoms with Crippen molar-refractivity contribution in [2.24, 2.45) is 0 Å². The van der Waals surface area contributed by atoms with Crippen LogP contribution in [-0.2, 0) is 9.53 Å². The van der Waals surface area contributed by atoms with Gasteiger partial charge in [0.05, 0.1) is 11.7 Å². The third-order valence-corrected chi connectivity index (χ3v) is 3.44. The van der Waals surface area contributed by atoms with E-state index in [0.29, 0.717) is 18.8 Å². The fourth-order valence-corrected chi connectivity index (χ4v) is 2.73. The van der Waals surface area contributed by atoms with Crippen LogP contribution in [0.5, 0.6) is 0 Å². The second kappa shape index (κ2) is 5.66. The van der Waals surface area contributed by atoms with Gasteiger partial charge in [0.15, 0.2) is 3.77 Å². The van der Waals surface area contributed by atoms with Crippen molar-refractivity contribution in [3.05, 3.63) is 27.7 Å². The molecule has 1 aromatic heterocycles. The number of carbonyl (C=O) groups excluding carboxylic acids is 1. The first kappa shape index (κ1) is 14.6. The van der Waals surface area contributed by atoms with Gasteiger partial charge in [-0.05, 0) is 61.6 Å². The minimum Gasteiger partial charge on any atom is -0.451 e. The zero-order valence-electron chi connectivity index (χ0n) is 11.4. The van der Waals surface area contributed by atoms with E-state index in [1.54, 1.807) is 12.2 Å². The van der Waals surface area contributed by atoms with Crippen molar-refractivity contribution in [3.63, 3.8) is 0 Å². The van der Waals surface area contributed by atoms with Gasteiger partial charge in [0.25, 0.3) is 0 Å². The van der Waals surface area contributed by atoms with Gasteiger partial charge in [-0.3, -0.25) is 4.79 Å². The van der Waals surface area contributed by atoms with Gasteiger partial charge in [0.2, 0.25) is 5.91 Å². The van der Waals surface area contributed by atoms with Crippen LogP contribution in [0.4, 0.5) is 0 Å². The highest BCUT2D eigenvalue weighted by molar-refractivity contribution is 14.1. The Bertz CT molecular complexity index is 493. The van der Waals surface area contributed by atoms with Crippen LogP contribution in [0.3, 0.4) is 0 Å². The topological polar surface area (TPSA) is 42.7 Å². The lowest BCUT2D eigenvalue weighted by atomic mass is 10.1. The molecule has 0 N–H and O–H groups in total. The van der Waals surface area contributed by atoms with E-state index in [0.717, 1.165) is 3.77 Å². The van der Waals surface area contributed by atoms with Crippen LogP contribution in [0.15, 0.2) is 22.6 Å². The molecule has 0 radical (unpaired) electrons. The van der Waals surface area contributed by atoms with E-state index in [2.05, 4.69) is 22.6 Å². The molecule has 1 aromatic rings. The molecule has 0 saturated carbocycles. The number of hydrogen-bond acceptors (Lipinski definition) is 3.